The Kier molecular flexibility index (Phi) is 3.12. The smallest absolute Gasteiger partial charge is 0.268 e. The third-order valence-corrected chi connectivity index (χ3v) is 3.89. The summed E-state index contributed by atoms with van der Waals surface area (Å²) in [6.45, 7) is 0.558. The van der Waals surface area contributed by atoms with E-state index in [1.54, 1.807) is 10.0 Å². The largest absolute Gasteiger partial charge is 0.428 e. The van der Waals surface area contributed by atoms with E-state index in [-0.39, 0.29) is 11.4 Å². The van der Waals surface area contributed by atoms with Gasteiger partial charge in [-0.25, -0.2) is 4.39 Å². The summed E-state index contributed by atoms with van der Waals surface area (Å²) >= 11 is 1.34. The van der Waals surface area contributed by atoms with Crippen molar-refractivity contribution in [2.45, 2.75) is 19.4 Å². The van der Waals surface area contributed by atoms with Crippen molar-refractivity contribution in [3.8, 4) is 0 Å². The minimum Gasteiger partial charge on any atom is -0.428 e. The SMILES string of the molecule is O=c1c2cc(F)ccc2sn1CCCc1nnco1. The summed E-state index contributed by atoms with van der Waals surface area (Å²) in [5.74, 6) is 0.167. The van der Waals surface area contributed by atoms with Crippen LogP contribution in [0.15, 0.2) is 33.8 Å². The van der Waals surface area contributed by atoms with E-state index in [9.17, 15) is 9.18 Å². The fraction of sp³-hybridized carbons (Fsp3) is 0.250. The average Bonchev–Trinajstić information content (AvgIpc) is 3.00. The molecule has 0 spiro atoms. The molecular weight excluding hydrogens is 269 g/mol. The minimum atomic E-state index is -0.389. The molecule has 2 heterocycles. The van der Waals surface area contributed by atoms with Crippen LogP contribution < -0.4 is 5.56 Å². The summed E-state index contributed by atoms with van der Waals surface area (Å²) in [6, 6.07) is 4.27. The molecule has 0 N–H and O–H groups in total. The summed E-state index contributed by atoms with van der Waals surface area (Å²) in [4.78, 5) is 12.0. The van der Waals surface area contributed by atoms with Crippen molar-refractivity contribution >= 4 is 21.6 Å². The zero-order valence-electron chi connectivity index (χ0n) is 9.88. The second kappa shape index (κ2) is 4.93. The highest BCUT2D eigenvalue weighted by molar-refractivity contribution is 7.13. The predicted octanol–water partition coefficient (Wildman–Crippen LogP) is 2.22. The van der Waals surface area contributed by atoms with Crippen LogP contribution in [0.2, 0.25) is 0 Å². The lowest BCUT2D eigenvalue weighted by Crippen LogP contribution is -2.13. The topological polar surface area (TPSA) is 60.9 Å². The van der Waals surface area contributed by atoms with Crippen LogP contribution in [0, 0.1) is 5.82 Å². The molecule has 1 aromatic carbocycles. The molecule has 0 unspecified atom stereocenters. The molecule has 7 heteroatoms. The number of hydrogen-bond donors (Lipinski definition) is 0. The van der Waals surface area contributed by atoms with E-state index in [0.717, 1.165) is 11.1 Å². The second-order valence-electron chi connectivity index (χ2n) is 4.08. The maximum atomic E-state index is 13.1. The fourth-order valence-corrected chi connectivity index (χ4v) is 2.88. The number of fused-ring (bicyclic) bond motifs is 1. The maximum absolute atomic E-state index is 13.1. The molecular formula is C12H10FN3O2S. The molecule has 2 aromatic heterocycles. The van der Waals surface area contributed by atoms with Gasteiger partial charge in [0.1, 0.15) is 5.82 Å². The van der Waals surface area contributed by atoms with Gasteiger partial charge in [0.05, 0.1) is 10.1 Å². The van der Waals surface area contributed by atoms with Gasteiger partial charge in [0.15, 0.2) is 0 Å². The zero-order chi connectivity index (χ0) is 13.2. The first-order valence-electron chi connectivity index (χ1n) is 5.78. The molecule has 98 valence electrons. The monoisotopic (exact) mass is 279 g/mol. The zero-order valence-corrected chi connectivity index (χ0v) is 10.7. The molecule has 0 amide bonds. The Bertz CT molecular complexity index is 748. The van der Waals surface area contributed by atoms with E-state index < -0.39 is 0 Å². The first-order valence-corrected chi connectivity index (χ1v) is 6.56. The van der Waals surface area contributed by atoms with E-state index >= 15 is 0 Å². The van der Waals surface area contributed by atoms with Gasteiger partial charge in [-0.05, 0) is 24.6 Å². The molecule has 0 atom stereocenters. The van der Waals surface area contributed by atoms with Crippen LogP contribution in [0.25, 0.3) is 10.1 Å². The van der Waals surface area contributed by atoms with Gasteiger partial charge >= 0.3 is 0 Å². The van der Waals surface area contributed by atoms with Crippen LogP contribution in [0.5, 0.6) is 0 Å². The van der Waals surface area contributed by atoms with E-state index in [0.29, 0.717) is 24.2 Å². The highest BCUT2D eigenvalue weighted by Crippen LogP contribution is 2.18. The van der Waals surface area contributed by atoms with Gasteiger partial charge in [0.25, 0.3) is 5.56 Å². The van der Waals surface area contributed by atoms with Gasteiger partial charge in [-0.15, -0.1) is 10.2 Å². The van der Waals surface area contributed by atoms with Crippen LogP contribution in [-0.2, 0) is 13.0 Å². The van der Waals surface area contributed by atoms with Crippen molar-refractivity contribution < 1.29 is 8.81 Å². The van der Waals surface area contributed by atoms with Gasteiger partial charge in [0, 0.05) is 13.0 Å². The van der Waals surface area contributed by atoms with Crippen LogP contribution >= 0.6 is 11.5 Å². The quantitative estimate of drug-likeness (QED) is 0.734. The van der Waals surface area contributed by atoms with Crippen molar-refractivity contribution in [3.63, 3.8) is 0 Å². The number of rotatable bonds is 4. The second-order valence-corrected chi connectivity index (χ2v) is 5.14. The Labute approximate surface area is 111 Å². The van der Waals surface area contributed by atoms with Crippen molar-refractivity contribution in [1.29, 1.82) is 0 Å². The molecule has 19 heavy (non-hydrogen) atoms. The molecule has 0 bridgehead atoms. The molecule has 0 saturated heterocycles. The van der Waals surface area contributed by atoms with E-state index in [4.69, 9.17) is 4.42 Å². The lowest BCUT2D eigenvalue weighted by molar-refractivity contribution is 0.478. The molecule has 0 radical (unpaired) electrons. The van der Waals surface area contributed by atoms with Gasteiger partial charge in [-0.1, -0.05) is 11.5 Å². The van der Waals surface area contributed by atoms with E-state index in [1.165, 1.54) is 30.1 Å². The average molecular weight is 279 g/mol. The number of hydrogen-bond acceptors (Lipinski definition) is 5. The van der Waals surface area contributed by atoms with E-state index in [2.05, 4.69) is 10.2 Å². The number of nitrogens with zero attached hydrogens (tertiary/aromatic N) is 3. The van der Waals surface area contributed by atoms with Crippen LogP contribution in [0.1, 0.15) is 12.3 Å². The summed E-state index contributed by atoms with van der Waals surface area (Å²) in [7, 11) is 0. The summed E-state index contributed by atoms with van der Waals surface area (Å²) in [5.41, 5.74) is -0.148. The van der Waals surface area contributed by atoms with Crippen LogP contribution in [0.3, 0.4) is 0 Å². The van der Waals surface area contributed by atoms with Gasteiger partial charge in [-0.2, -0.15) is 0 Å². The fourth-order valence-electron chi connectivity index (χ4n) is 1.87. The van der Waals surface area contributed by atoms with E-state index in [1.807, 2.05) is 0 Å². The molecule has 0 aliphatic heterocycles. The molecule has 0 aliphatic carbocycles. The van der Waals surface area contributed by atoms with Crippen LogP contribution in [0.4, 0.5) is 4.39 Å². The Morgan fingerprint density at radius 3 is 3.11 bits per heavy atom. The molecule has 0 aliphatic rings. The van der Waals surface area contributed by atoms with Crippen molar-refractivity contribution in [1.82, 2.24) is 14.2 Å². The highest BCUT2D eigenvalue weighted by Gasteiger charge is 2.08. The molecule has 0 fully saturated rings. The number of halogens is 1. The predicted molar refractivity (Wildman–Crippen MR) is 68.7 cm³/mol. The van der Waals surface area contributed by atoms with Crippen molar-refractivity contribution in [2.24, 2.45) is 0 Å². The van der Waals surface area contributed by atoms with Gasteiger partial charge < -0.3 is 4.42 Å². The number of aryl methyl sites for hydroxylation is 2. The molecule has 3 aromatic rings. The lowest BCUT2D eigenvalue weighted by atomic mass is 10.2. The Morgan fingerprint density at radius 1 is 1.42 bits per heavy atom. The first kappa shape index (κ1) is 12.0. The molecule has 5 nitrogen and oxygen atoms in total. The van der Waals surface area contributed by atoms with Crippen LogP contribution in [-0.4, -0.2) is 14.2 Å². The van der Waals surface area contributed by atoms with Crippen molar-refractivity contribution in [2.75, 3.05) is 0 Å². The standard InChI is InChI=1S/C12H10FN3O2S/c13-8-3-4-10-9(6-8)12(17)16(19-10)5-1-2-11-15-14-7-18-11/h3-4,6-7H,1-2,5H2. The number of benzene rings is 1. The lowest BCUT2D eigenvalue weighted by Gasteiger charge is -1.97. The maximum Gasteiger partial charge on any atom is 0.268 e. The Balaban J connectivity index is 1.78. The van der Waals surface area contributed by atoms with Crippen molar-refractivity contribution in [3.05, 3.63) is 46.7 Å². The highest BCUT2D eigenvalue weighted by atomic mass is 32.1. The Morgan fingerprint density at radius 2 is 2.32 bits per heavy atom. The van der Waals surface area contributed by atoms with Gasteiger partial charge in [0.2, 0.25) is 12.3 Å². The van der Waals surface area contributed by atoms with Gasteiger partial charge in [-0.3, -0.25) is 8.75 Å². The number of aromatic nitrogens is 3. The Hall–Kier alpha value is -2.02. The first-order chi connectivity index (χ1) is 9.24. The summed E-state index contributed by atoms with van der Waals surface area (Å²) < 4.78 is 20.5. The minimum absolute atomic E-state index is 0.148. The summed E-state index contributed by atoms with van der Waals surface area (Å²) in [6.07, 6.45) is 2.62. The third-order valence-electron chi connectivity index (χ3n) is 2.76. The molecule has 0 saturated carbocycles. The third kappa shape index (κ3) is 2.41. The normalized spacial score (nSPS) is 11.2. The summed E-state index contributed by atoms with van der Waals surface area (Å²) in [5, 5.41) is 7.79. The molecule has 3 rings (SSSR count).